The van der Waals surface area contributed by atoms with E-state index in [0.29, 0.717) is 31.7 Å². The van der Waals surface area contributed by atoms with Crippen LogP contribution < -0.4 is 14.4 Å². The van der Waals surface area contributed by atoms with Gasteiger partial charge in [0.15, 0.2) is 11.5 Å². The molecule has 1 unspecified atom stereocenters. The van der Waals surface area contributed by atoms with Crippen molar-refractivity contribution in [3.63, 3.8) is 0 Å². The number of anilines is 1. The lowest BCUT2D eigenvalue weighted by Gasteiger charge is -2.44. The normalized spacial score (nSPS) is 20.4. The van der Waals surface area contributed by atoms with E-state index >= 15 is 0 Å². The number of piperidine rings is 1. The maximum atomic E-state index is 14.0. The number of likely N-dealkylation sites (tertiary alicyclic amines) is 1. The molecular weight excluding hydrogens is 482 g/mol. The number of amides is 1. The number of nitrogens with zero attached hydrogens (tertiary/aromatic N) is 3. The number of hydrogen-bond acceptors (Lipinski definition) is 6. The van der Waals surface area contributed by atoms with Gasteiger partial charge >= 0.3 is 5.97 Å². The van der Waals surface area contributed by atoms with Gasteiger partial charge in [-0.15, -0.1) is 0 Å². The van der Waals surface area contributed by atoms with Crippen LogP contribution >= 0.6 is 0 Å². The molecule has 3 aliphatic heterocycles. The molecule has 1 N–H and O–H groups in total. The van der Waals surface area contributed by atoms with Crippen LogP contribution in [0.25, 0.3) is 0 Å². The Bertz CT molecular complexity index is 1320. The zero-order chi connectivity index (χ0) is 26.1. The first-order valence-electron chi connectivity index (χ1n) is 12.9. The molecule has 3 aliphatic rings. The number of para-hydroxylation sites is 3. The van der Waals surface area contributed by atoms with Crippen LogP contribution in [0.2, 0.25) is 0 Å². The quantitative estimate of drug-likeness (QED) is 0.543. The monoisotopic (exact) mass is 511 g/mol. The van der Waals surface area contributed by atoms with Gasteiger partial charge in [0.25, 0.3) is 0 Å². The number of carbonyl (C=O) groups excluding carboxylic acids is 1. The van der Waals surface area contributed by atoms with Crippen LogP contribution in [-0.4, -0.2) is 71.3 Å². The van der Waals surface area contributed by atoms with E-state index in [9.17, 15) is 14.7 Å². The molecule has 3 aromatic rings. The minimum atomic E-state index is -1.02. The summed E-state index contributed by atoms with van der Waals surface area (Å²) in [5.74, 6) is 0.603. The van der Waals surface area contributed by atoms with Crippen LogP contribution in [0.1, 0.15) is 28.8 Å². The molecule has 0 radical (unpaired) electrons. The van der Waals surface area contributed by atoms with Gasteiger partial charge in [0.05, 0.1) is 18.8 Å². The summed E-state index contributed by atoms with van der Waals surface area (Å²) in [5.41, 5.74) is 1.13. The molecule has 2 saturated heterocycles. The van der Waals surface area contributed by atoms with Crippen LogP contribution in [0.5, 0.6) is 11.5 Å². The van der Waals surface area contributed by atoms with Crippen LogP contribution in [0, 0.1) is 12.1 Å². The third-order valence-electron chi connectivity index (χ3n) is 7.69. The largest absolute Gasteiger partial charge is 0.486 e. The molecule has 1 spiro atoms. The fraction of sp³-hybridized carbons (Fsp3) is 0.333. The van der Waals surface area contributed by atoms with Gasteiger partial charge in [-0.25, -0.2) is 4.79 Å². The lowest BCUT2D eigenvalue weighted by atomic mass is 9.85. The Balaban J connectivity index is 1.18. The third-order valence-corrected chi connectivity index (χ3v) is 7.69. The molecule has 2 fully saturated rings. The fourth-order valence-corrected chi connectivity index (χ4v) is 5.76. The summed E-state index contributed by atoms with van der Waals surface area (Å²) in [6.07, 6.45) is 1.31. The van der Waals surface area contributed by atoms with Crippen molar-refractivity contribution in [3.8, 4) is 11.5 Å². The molecule has 1 amide bonds. The first-order chi connectivity index (χ1) is 18.5. The SMILES string of the molecule is O=C(O)c1cc#cc(CN2CN(c3ccccc3)C3(CCN(CC4COc5ccccc5O4)CC3)C2=O)c1. The smallest absolute Gasteiger partial charge is 0.336 e. The van der Waals surface area contributed by atoms with E-state index in [0.717, 1.165) is 36.8 Å². The molecule has 0 aromatic heterocycles. The number of aromatic carboxylic acids is 1. The van der Waals surface area contributed by atoms with Crippen molar-refractivity contribution in [2.75, 3.05) is 37.8 Å². The van der Waals surface area contributed by atoms with Gasteiger partial charge < -0.3 is 24.4 Å². The Hall–Kier alpha value is -4.22. The minimum Gasteiger partial charge on any atom is -0.486 e. The number of hydrogen-bond donors (Lipinski definition) is 1. The highest BCUT2D eigenvalue weighted by Crippen LogP contribution is 2.40. The molecular formula is C30H29N3O5. The Kier molecular flexibility index (Phi) is 6.30. The molecule has 0 bridgehead atoms. The number of rotatable bonds is 6. The van der Waals surface area contributed by atoms with Crippen LogP contribution in [0.4, 0.5) is 5.69 Å². The highest BCUT2D eigenvalue weighted by atomic mass is 16.6. The van der Waals surface area contributed by atoms with Gasteiger partial charge in [0.1, 0.15) is 18.2 Å². The average Bonchev–Trinajstić information content (AvgIpc) is 3.21. The summed E-state index contributed by atoms with van der Waals surface area (Å²) < 4.78 is 12.1. The van der Waals surface area contributed by atoms with Crippen molar-refractivity contribution in [1.82, 2.24) is 9.80 Å². The number of fused-ring (bicyclic) bond motifs is 1. The van der Waals surface area contributed by atoms with E-state index in [1.54, 1.807) is 6.07 Å². The summed E-state index contributed by atoms with van der Waals surface area (Å²) in [6.45, 7) is 3.49. The standard InChI is InChI=1S/C30H29N3O5/c34-28(35)23-8-6-7-22(17-23)18-32-21-33(24-9-2-1-3-10-24)30(29(32)36)13-15-31(16-14-30)19-25-20-37-26-11-4-5-12-27(26)38-25/h1-5,8-12,17,25H,13-16,18-21H2,(H,34,35). The van der Waals surface area contributed by atoms with Crippen molar-refractivity contribution in [3.05, 3.63) is 90.0 Å². The zero-order valence-electron chi connectivity index (χ0n) is 21.0. The Labute approximate surface area is 222 Å². The van der Waals surface area contributed by atoms with E-state index in [2.05, 4.69) is 21.9 Å². The van der Waals surface area contributed by atoms with Crippen LogP contribution in [-0.2, 0) is 11.3 Å². The number of carboxylic acids is 1. The van der Waals surface area contributed by atoms with Crippen molar-refractivity contribution in [1.29, 1.82) is 0 Å². The number of carboxylic acid groups (broad SMARTS) is 1. The first-order valence-corrected chi connectivity index (χ1v) is 12.9. The van der Waals surface area contributed by atoms with E-state index < -0.39 is 11.5 Å². The molecule has 6 rings (SSSR count). The van der Waals surface area contributed by atoms with Gasteiger partial charge in [0, 0.05) is 37.0 Å². The summed E-state index contributed by atoms with van der Waals surface area (Å²) in [4.78, 5) is 31.8. The minimum absolute atomic E-state index is 0.0618. The van der Waals surface area contributed by atoms with Crippen molar-refractivity contribution in [2.45, 2.75) is 31.0 Å². The van der Waals surface area contributed by atoms with Crippen molar-refractivity contribution >= 4 is 17.6 Å². The van der Waals surface area contributed by atoms with Crippen molar-refractivity contribution < 1.29 is 24.2 Å². The molecule has 3 heterocycles. The van der Waals surface area contributed by atoms with Gasteiger partial charge in [0.2, 0.25) is 5.91 Å². The second-order valence-electron chi connectivity index (χ2n) is 10.1. The molecule has 8 nitrogen and oxygen atoms in total. The summed E-state index contributed by atoms with van der Waals surface area (Å²) in [5, 5.41) is 9.36. The summed E-state index contributed by atoms with van der Waals surface area (Å²) in [6, 6.07) is 26.5. The molecule has 8 heteroatoms. The maximum absolute atomic E-state index is 14.0. The maximum Gasteiger partial charge on any atom is 0.336 e. The first kappa shape index (κ1) is 24.1. The molecule has 3 aromatic carbocycles. The highest BCUT2D eigenvalue weighted by molar-refractivity contribution is 5.93. The van der Waals surface area contributed by atoms with E-state index in [4.69, 9.17) is 9.47 Å². The van der Waals surface area contributed by atoms with Crippen LogP contribution in [0.3, 0.4) is 0 Å². The third kappa shape index (κ3) is 4.50. The van der Waals surface area contributed by atoms with E-state index in [-0.39, 0.29) is 24.1 Å². The second-order valence-corrected chi connectivity index (χ2v) is 10.1. The Morgan fingerprint density at radius 1 is 1.05 bits per heavy atom. The van der Waals surface area contributed by atoms with E-state index in [1.807, 2.05) is 59.5 Å². The number of benzene rings is 2. The predicted molar refractivity (Wildman–Crippen MR) is 140 cm³/mol. The van der Waals surface area contributed by atoms with Gasteiger partial charge in [-0.3, -0.25) is 9.69 Å². The molecule has 0 saturated carbocycles. The average molecular weight is 512 g/mol. The second kappa shape index (κ2) is 9.92. The van der Waals surface area contributed by atoms with Crippen molar-refractivity contribution in [2.24, 2.45) is 0 Å². The van der Waals surface area contributed by atoms with Gasteiger partial charge in [-0.1, -0.05) is 42.5 Å². The summed E-state index contributed by atoms with van der Waals surface area (Å²) >= 11 is 0. The number of ether oxygens (including phenoxy) is 2. The number of carbonyl (C=O) groups is 2. The lowest BCUT2D eigenvalue weighted by molar-refractivity contribution is -0.134. The van der Waals surface area contributed by atoms with Crippen LogP contribution in [0.15, 0.2) is 66.7 Å². The lowest BCUT2D eigenvalue weighted by Crippen LogP contribution is -2.57. The van der Waals surface area contributed by atoms with E-state index in [1.165, 1.54) is 6.07 Å². The summed E-state index contributed by atoms with van der Waals surface area (Å²) in [7, 11) is 0. The Morgan fingerprint density at radius 2 is 1.79 bits per heavy atom. The molecule has 0 aliphatic carbocycles. The Morgan fingerprint density at radius 3 is 2.55 bits per heavy atom. The predicted octanol–water partition coefficient (Wildman–Crippen LogP) is 3.47. The highest BCUT2D eigenvalue weighted by Gasteiger charge is 2.53. The van der Waals surface area contributed by atoms with Gasteiger partial charge in [-0.05, 0) is 43.2 Å². The molecule has 194 valence electrons. The molecule has 1 atom stereocenters. The zero-order valence-corrected chi connectivity index (χ0v) is 21.0. The topological polar surface area (TPSA) is 82.6 Å². The molecule has 38 heavy (non-hydrogen) atoms. The van der Waals surface area contributed by atoms with Gasteiger partial charge in [-0.2, -0.15) is 0 Å². The fourth-order valence-electron chi connectivity index (χ4n) is 5.76.